The predicted molar refractivity (Wildman–Crippen MR) is 50.8 cm³/mol. The first-order valence-electron chi connectivity index (χ1n) is 5.35. The number of hydrogen-bond donors (Lipinski definition) is 1. The van der Waals surface area contributed by atoms with Crippen LogP contribution in [0.4, 0.5) is 0 Å². The second-order valence-corrected chi connectivity index (χ2v) is 4.01. The minimum atomic E-state index is 0.367. The SMILES string of the molecule is CCC(CNC1CC1)OC1COC1. The van der Waals surface area contributed by atoms with Crippen molar-refractivity contribution in [3.05, 3.63) is 0 Å². The molecule has 0 spiro atoms. The lowest BCUT2D eigenvalue weighted by molar-refractivity contribution is -0.154. The molecule has 3 heteroatoms. The predicted octanol–water partition coefficient (Wildman–Crippen LogP) is 0.932. The van der Waals surface area contributed by atoms with Gasteiger partial charge in [0.05, 0.1) is 19.3 Å². The fourth-order valence-electron chi connectivity index (χ4n) is 1.44. The van der Waals surface area contributed by atoms with Crippen LogP contribution in [0.2, 0.25) is 0 Å². The van der Waals surface area contributed by atoms with Gasteiger partial charge in [-0.05, 0) is 19.3 Å². The smallest absolute Gasteiger partial charge is 0.105 e. The quantitative estimate of drug-likeness (QED) is 0.668. The van der Waals surface area contributed by atoms with Gasteiger partial charge in [0.1, 0.15) is 6.10 Å². The Kier molecular flexibility index (Phi) is 3.19. The number of rotatable bonds is 6. The minimum Gasteiger partial charge on any atom is -0.376 e. The van der Waals surface area contributed by atoms with E-state index in [-0.39, 0.29) is 0 Å². The van der Waals surface area contributed by atoms with Crippen molar-refractivity contribution in [2.75, 3.05) is 19.8 Å². The van der Waals surface area contributed by atoms with Crippen LogP contribution in [-0.2, 0) is 9.47 Å². The molecule has 0 aromatic rings. The minimum absolute atomic E-state index is 0.367. The van der Waals surface area contributed by atoms with Crippen LogP contribution >= 0.6 is 0 Å². The largest absolute Gasteiger partial charge is 0.376 e. The standard InChI is InChI=1S/C10H19NO2/c1-2-9(5-11-8-3-4-8)13-10-6-12-7-10/h8-11H,2-7H2,1H3. The van der Waals surface area contributed by atoms with E-state index in [0.29, 0.717) is 12.2 Å². The maximum atomic E-state index is 5.83. The summed E-state index contributed by atoms with van der Waals surface area (Å²) in [6.07, 6.45) is 4.54. The van der Waals surface area contributed by atoms with Gasteiger partial charge < -0.3 is 14.8 Å². The van der Waals surface area contributed by atoms with Crippen LogP contribution in [-0.4, -0.2) is 38.0 Å². The van der Waals surface area contributed by atoms with Gasteiger partial charge in [-0.25, -0.2) is 0 Å². The third-order valence-corrected chi connectivity index (χ3v) is 2.66. The lowest BCUT2D eigenvalue weighted by Gasteiger charge is -2.30. The summed E-state index contributed by atoms with van der Waals surface area (Å²) in [5, 5.41) is 3.50. The van der Waals surface area contributed by atoms with E-state index in [9.17, 15) is 0 Å². The average molecular weight is 185 g/mol. The zero-order chi connectivity index (χ0) is 9.10. The lowest BCUT2D eigenvalue weighted by Crippen LogP contribution is -2.42. The van der Waals surface area contributed by atoms with Gasteiger partial charge >= 0.3 is 0 Å². The molecule has 2 rings (SSSR count). The van der Waals surface area contributed by atoms with Gasteiger partial charge in [0.2, 0.25) is 0 Å². The van der Waals surface area contributed by atoms with E-state index < -0.39 is 0 Å². The third kappa shape index (κ3) is 2.93. The summed E-state index contributed by atoms with van der Waals surface area (Å²) in [6.45, 7) is 4.77. The van der Waals surface area contributed by atoms with Gasteiger partial charge in [-0.1, -0.05) is 6.92 Å². The van der Waals surface area contributed by atoms with Crippen molar-refractivity contribution in [3.63, 3.8) is 0 Å². The molecule has 76 valence electrons. The first kappa shape index (κ1) is 9.44. The van der Waals surface area contributed by atoms with Gasteiger partial charge in [-0.3, -0.25) is 0 Å². The summed E-state index contributed by atoms with van der Waals surface area (Å²) in [4.78, 5) is 0. The maximum absolute atomic E-state index is 5.83. The molecule has 1 saturated heterocycles. The Bertz CT molecular complexity index is 155. The highest BCUT2D eigenvalue weighted by Gasteiger charge is 2.25. The third-order valence-electron chi connectivity index (χ3n) is 2.66. The van der Waals surface area contributed by atoms with Crippen molar-refractivity contribution in [3.8, 4) is 0 Å². The monoisotopic (exact) mass is 185 g/mol. The van der Waals surface area contributed by atoms with Crippen molar-refractivity contribution in [1.82, 2.24) is 5.32 Å². The van der Waals surface area contributed by atoms with Crippen molar-refractivity contribution >= 4 is 0 Å². The van der Waals surface area contributed by atoms with Crippen LogP contribution in [0.25, 0.3) is 0 Å². The Morgan fingerprint density at radius 3 is 2.69 bits per heavy atom. The topological polar surface area (TPSA) is 30.5 Å². The summed E-state index contributed by atoms with van der Waals surface area (Å²) in [5.74, 6) is 0. The highest BCUT2D eigenvalue weighted by Crippen LogP contribution is 2.19. The molecule has 1 aliphatic carbocycles. The molecular weight excluding hydrogens is 166 g/mol. The molecule has 0 amide bonds. The van der Waals surface area contributed by atoms with Crippen molar-refractivity contribution in [2.24, 2.45) is 0 Å². The first-order valence-corrected chi connectivity index (χ1v) is 5.35. The van der Waals surface area contributed by atoms with E-state index in [2.05, 4.69) is 12.2 Å². The molecule has 0 radical (unpaired) electrons. The first-order chi connectivity index (χ1) is 6.38. The van der Waals surface area contributed by atoms with Crippen molar-refractivity contribution < 1.29 is 9.47 Å². The van der Waals surface area contributed by atoms with Crippen molar-refractivity contribution in [2.45, 2.75) is 44.4 Å². The number of nitrogens with one attached hydrogen (secondary N) is 1. The molecule has 1 aliphatic heterocycles. The van der Waals surface area contributed by atoms with E-state index in [1.807, 2.05) is 0 Å². The van der Waals surface area contributed by atoms with Crippen LogP contribution < -0.4 is 5.32 Å². The molecule has 2 aliphatic rings. The molecule has 1 heterocycles. The lowest BCUT2D eigenvalue weighted by atomic mass is 10.2. The van der Waals surface area contributed by atoms with E-state index >= 15 is 0 Å². The Labute approximate surface area is 79.8 Å². The summed E-state index contributed by atoms with van der Waals surface area (Å²) < 4.78 is 10.9. The summed E-state index contributed by atoms with van der Waals surface area (Å²) in [7, 11) is 0. The normalized spacial score (nSPS) is 25.6. The second kappa shape index (κ2) is 4.40. The summed E-state index contributed by atoms with van der Waals surface area (Å²) in [6, 6.07) is 0.787. The molecule has 1 saturated carbocycles. The average Bonchev–Trinajstić information content (AvgIpc) is 2.85. The fourth-order valence-corrected chi connectivity index (χ4v) is 1.44. The van der Waals surface area contributed by atoms with Gasteiger partial charge in [-0.2, -0.15) is 0 Å². The molecule has 3 nitrogen and oxygen atoms in total. The van der Waals surface area contributed by atoms with Gasteiger partial charge in [-0.15, -0.1) is 0 Å². The Hall–Kier alpha value is -0.120. The molecule has 0 bridgehead atoms. The zero-order valence-corrected chi connectivity index (χ0v) is 8.29. The Morgan fingerprint density at radius 1 is 1.46 bits per heavy atom. The fraction of sp³-hybridized carbons (Fsp3) is 1.00. The summed E-state index contributed by atoms with van der Waals surface area (Å²) >= 11 is 0. The van der Waals surface area contributed by atoms with Crippen LogP contribution in [0.3, 0.4) is 0 Å². The molecule has 2 fully saturated rings. The molecule has 0 aromatic carbocycles. The number of ether oxygens (including phenoxy) is 2. The van der Waals surface area contributed by atoms with Crippen LogP contribution in [0.5, 0.6) is 0 Å². The second-order valence-electron chi connectivity index (χ2n) is 4.01. The van der Waals surface area contributed by atoms with E-state index in [0.717, 1.165) is 32.2 Å². The van der Waals surface area contributed by atoms with Crippen LogP contribution in [0.15, 0.2) is 0 Å². The van der Waals surface area contributed by atoms with Crippen LogP contribution in [0, 0.1) is 0 Å². The highest BCUT2D eigenvalue weighted by atomic mass is 16.6. The molecular formula is C10H19NO2. The molecule has 0 aromatic heterocycles. The van der Waals surface area contributed by atoms with Crippen LogP contribution in [0.1, 0.15) is 26.2 Å². The highest BCUT2D eigenvalue weighted by molar-refractivity contribution is 4.82. The van der Waals surface area contributed by atoms with Gasteiger partial charge in [0, 0.05) is 12.6 Å². The van der Waals surface area contributed by atoms with E-state index in [1.54, 1.807) is 0 Å². The molecule has 1 unspecified atom stereocenters. The summed E-state index contributed by atoms with van der Waals surface area (Å²) in [5.41, 5.74) is 0. The zero-order valence-electron chi connectivity index (χ0n) is 8.29. The number of hydrogen-bond acceptors (Lipinski definition) is 3. The molecule has 13 heavy (non-hydrogen) atoms. The Morgan fingerprint density at radius 2 is 2.23 bits per heavy atom. The maximum Gasteiger partial charge on any atom is 0.105 e. The molecule has 1 atom stereocenters. The van der Waals surface area contributed by atoms with Crippen molar-refractivity contribution in [1.29, 1.82) is 0 Å². The molecule has 1 N–H and O–H groups in total. The Balaban J connectivity index is 1.59. The van der Waals surface area contributed by atoms with Gasteiger partial charge in [0.25, 0.3) is 0 Å². The van der Waals surface area contributed by atoms with E-state index in [1.165, 1.54) is 12.8 Å². The van der Waals surface area contributed by atoms with E-state index in [4.69, 9.17) is 9.47 Å². The van der Waals surface area contributed by atoms with Gasteiger partial charge in [0.15, 0.2) is 0 Å².